The van der Waals surface area contributed by atoms with Crippen LogP contribution in [0, 0.1) is 0 Å². The summed E-state index contributed by atoms with van der Waals surface area (Å²) in [6.45, 7) is 1.69. The summed E-state index contributed by atoms with van der Waals surface area (Å²) in [5.74, 6) is -1.88. The third-order valence-corrected chi connectivity index (χ3v) is 3.69. The number of rotatable bonds is 5. The normalized spacial score (nSPS) is 14.4. The second-order valence-corrected chi connectivity index (χ2v) is 5.42. The number of oxime groups is 1. The maximum Gasteiger partial charge on any atom is 0.440 e. The number of hydrogen-bond acceptors (Lipinski definition) is 6. The molecule has 0 heterocycles. The SMILES string of the molecule is CC/C(Cl)=N/OC(=O)N(C)c1ccc([C@](O)(C(=O)OC)C(F)(F)F)cc1. The van der Waals surface area contributed by atoms with Crippen molar-refractivity contribution in [3.8, 4) is 0 Å². The fourth-order valence-corrected chi connectivity index (χ4v) is 1.83. The minimum Gasteiger partial charge on any atom is -0.466 e. The number of nitrogens with zero attached hydrogens (tertiary/aromatic N) is 2. The zero-order chi connectivity index (χ0) is 20.1. The van der Waals surface area contributed by atoms with E-state index in [1.807, 2.05) is 0 Å². The van der Waals surface area contributed by atoms with Gasteiger partial charge in [-0.3, -0.25) is 9.74 Å². The number of alkyl halides is 3. The van der Waals surface area contributed by atoms with Crippen molar-refractivity contribution in [1.82, 2.24) is 0 Å². The number of hydrogen-bond donors (Lipinski definition) is 1. The Balaban J connectivity index is 3.10. The van der Waals surface area contributed by atoms with E-state index in [9.17, 15) is 27.9 Å². The Morgan fingerprint density at radius 1 is 1.27 bits per heavy atom. The number of anilines is 1. The maximum atomic E-state index is 13.2. The Morgan fingerprint density at radius 2 is 1.81 bits per heavy atom. The fourth-order valence-electron chi connectivity index (χ4n) is 1.79. The van der Waals surface area contributed by atoms with Crippen LogP contribution in [0.2, 0.25) is 0 Å². The quantitative estimate of drug-likeness (QED) is 0.357. The summed E-state index contributed by atoms with van der Waals surface area (Å²) in [5.41, 5.74) is -4.48. The molecule has 0 fully saturated rings. The molecule has 144 valence electrons. The number of carbonyl (C=O) groups is 2. The molecule has 0 unspecified atom stereocenters. The first-order valence-electron chi connectivity index (χ1n) is 7.14. The second kappa shape index (κ2) is 8.37. The molecule has 1 aromatic carbocycles. The van der Waals surface area contributed by atoms with Crippen LogP contribution in [0.3, 0.4) is 0 Å². The number of aliphatic hydroxyl groups is 1. The number of halogens is 4. The van der Waals surface area contributed by atoms with E-state index in [0.717, 1.165) is 36.3 Å². The van der Waals surface area contributed by atoms with Crippen LogP contribution in [0.4, 0.5) is 23.7 Å². The highest BCUT2D eigenvalue weighted by atomic mass is 35.5. The molecule has 0 aliphatic carbocycles. The smallest absolute Gasteiger partial charge is 0.440 e. The zero-order valence-electron chi connectivity index (χ0n) is 14.0. The molecule has 0 aromatic heterocycles. The van der Waals surface area contributed by atoms with Gasteiger partial charge >= 0.3 is 18.2 Å². The van der Waals surface area contributed by atoms with Crippen molar-refractivity contribution in [3.05, 3.63) is 29.8 Å². The molecule has 1 aromatic rings. The number of esters is 1. The topological polar surface area (TPSA) is 88.4 Å². The minimum atomic E-state index is -5.31. The Morgan fingerprint density at radius 3 is 2.23 bits per heavy atom. The summed E-state index contributed by atoms with van der Waals surface area (Å²) in [5, 5.41) is 13.3. The van der Waals surface area contributed by atoms with Gasteiger partial charge in [0.05, 0.1) is 7.11 Å². The van der Waals surface area contributed by atoms with Crippen molar-refractivity contribution in [2.24, 2.45) is 5.16 Å². The first kappa shape index (κ1) is 21.7. The maximum absolute atomic E-state index is 13.2. The number of ether oxygens (including phenoxy) is 1. The first-order chi connectivity index (χ1) is 12.0. The van der Waals surface area contributed by atoms with Crippen LogP contribution in [-0.2, 0) is 20.0 Å². The van der Waals surface area contributed by atoms with Gasteiger partial charge in [0.1, 0.15) is 5.17 Å². The van der Waals surface area contributed by atoms with Gasteiger partial charge in [0.15, 0.2) is 0 Å². The van der Waals surface area contributed by atoms with Crippen LogP contribution in [0.5, 0.6) is 0 Å². The third kappa shape index (κ3) is 4.44. The standard InChI is InChI=1S/C15H16ClF3N2O5/c1-4-11(16)20-26-13(23)21(2)10-7-5-9(6-8-10)14(24,12(22)25-3)15(17,18)19/h5-8,24H,4H2,1-3H3/b20-11-/t14-/m0/s1. The van der Waals surface area contributed by atoms with E-state index in [1.165, 1.54) is 7.05 Å². The molecule has 11 heteroatoms. The lowest BCUT2D eigenvalue weighted by molar-refractivity contribution is -0.266. The predicted octanol–water partition coefficient (Wildman–Crippen LogP) is 3.14. The van der Waals surface area contributed by atoms with Crippen molar-refractivity contribution in [3.63, 3.8) is 0 Å². The molecule has 1 N–H and O–H groups in total. The molecule has 0 aliphatic heterocycles. The van der Waals surface area contributed by atoms with Gasteiger partial charge < -0.3 is 9.84 Å². The van der Waals surface area contributed by atoms with Crippen molar-refractivity contribution >= 4 is 34.5 Å². The highest BCUT2D eigenvalue weighted by Gasteiger charge is 2.62. The molecule has 7 nitrogen and oxygen atoms in total. The number of benzene rings is 1. The first-order valence-corrected chi connectivity index (χ1v) is 7.51. The largest absolute Gasteiger partial charge is 0.466 e. The molecule has 1 amide bonds. The second-order valence-electron chi connectivity index (χ2n) is 4.98. The highest BCUT2D eigenvalue weighted by Crippen LogP contribution is 2.40. The fraction of sp³-hybridized carbons (Fsp3) is 0.400. The Bertz CT molecular complexity index is 694. The number of carbonyl (C=O) groups excluding carboxylic acids is 2. The van der Waals surface area contributed by atoms with Gasteiger partial charge in [-0.1, -0.05) is 35.8 Å². The van der Waals surface area contributed by atoms with Crippen LogP contribution in [0.15, 0.2) is 29.4 Å². The molecule has 0 radical (unpaired) electrons. The lowest BCUT2D eigenvalue weighted by atomic mass is 9.93. The lowest BCUT2D eigenvalue weighted by Gasteiger charge is -2.28. The lowest BCUT2D eigenvalue weighted by Crippen LogP contribution is -2.49. The van der Waals surface area contributed by atoms with E-state index in [2.05, 4.69) is 14.7 Å². The molecule has 1 atom stereocenters. The van der Waals surface area contributed by atoms with Crippen LogP contribution < -0.4 is 4.90 Å². The molecular weight excluding hydrogens is 381 g/mol. The average molecular weight is 397 g/mol. The van der Waals surface area contributed by atoms with Gasteiger partial charge in [0, 0.05) is 24.7 Å². The molecule has 0 bridgehead atoms. The van der Waals surface area contributed by atoms with Gasteiger partial charge in [0.25, 0.3) is 5.60 Å². The van der Waals surface area contributed by atoms with Crippen LogP contribution in [-0.4, -0.2) is 42.7 Å². The summed E-state index contributed by atoms with van der Waals surface area (Å²) in [6.07, 6.45) is -5.90. The Hall–Kier alpha value is -2.33. The molecule has 0 spiro atoms. The van der Waals surface area contributed by atoms with Crippen LogP contribution >= 0.6 is 11.6 Å². The van der Waals surface area contributed by atoms with E-state index in [0.29, 0.717) is 6.42 Å². The van der Waals surface area contributed by atoms with E-state index in [-0.39, 0.29) is 10.9 Å². The summed E-state index contributed by atoms with van der Waals surface area (Å²) >= 11 is 5.59. The van der Waals surface area contributed by atoms with E-state index in [4.69, 9.17) is 11.6 Å². The van der Waals surface area contributed by atoms with Crippen molar-refractivity contribution in [2.45, 2.75) is 25.1 Å². The van der Waals surface area contributed by atoms with Crippen molar-refractivity contribution in [1.29, 1.82) is 0 Å². The monoisotopic (exact) mass is 396 g/mol. The molecular formula is C15H16ClF3N2O5. The molecule has 1 rings (SSSR count). The van der Waals surface area contributed by atoms with E-state index >= 15 is 0 Å². The number of methoxy groups -OCH3 is 1. The minimum absolute atomic E-state index is 0.0513. The van der Waals surface area contributed by atoms with Gasteiger partial charge in [0.2, 0.25) is 0 Å². The van der Waals surface area contributed by atoms with Gasteiger partial charge in [-0.15, -0.1) is 0 Å². The van der Waals surface area contributed by atoms with E-state index in [1.54, 1.807) is 6.92 Å². The molecule has 0 saturated carbocycles. The predicted molar refractivity (Wildman–Crippen MR) is 86.9 cm³/mol. The highest BCUT2D eigenvalue weighted by molar-refractivity contribution is 6.65. The van der Waals surface area contributed by atoms with Gasteiger partial charge in [-0.05, 0) is 12.1 Å². The van der Waals surface area contributed by atoms with Crippen LogP contribution in [0.1, 0.15) is 18.9 Å². The number of amides is 1. The molecule has 26 heavy (non-hydrogen) atoms. The van der Waals surface area contributed by atoms with Gasteiger partial charge in [-0.2, -0.15) is 13.2 Å². The van der Waals surface area contributed by atoms with Crippen LogP contribution in [0.25, 0.3) is 0 Å². The van der Waals surface area contributed by atoms with Crippen molar-refractivity contribution in [2.75, 3.05) is 19.1 Å². The summed E-state index contributed by atoms with van der Waals surface area (Å²) in [4.78, 5) is 28.8. The summed E-state index contributed by atoms with van der Waals surface area (Å²) < 4.78 is 43.5. The molecule has 0 aliphatic rings. The van der Waals surface area contributed by atoms with E-state index < -0.39 is 29.4 Å². The zero-order valence-corrected chi connectivity index (χ0v) is 14.8. The Labute approximate surface area is 151 Å². The average Bonchev–Trinajstić information content (AvgIpc) is 2.62. The van der Waals surface area contributed by atoms with Crippen molar-refractivity contribution < 1.29 is 37.4 Å². The summed E-state index contributed by atoms with van der Waals surface area (Å²) in [6, 6.07) is 3.85. The third-order valence-electron chi connectivity index (χ3n) is 3.35. The summed E-state index contributed by atoms with van der Waals surface area (Å²) in [7, 11) is 2.00. The molecule has 0 saturated heterocycles. The van der Waals surface area contributed by atoms with Gasteiger partial charge in [-0.25, -0.2) is 9.59 Å². The Kier molecular flexibility index (Phi) is 6.99.